The third-order valence-corrected chi connectivity index (χ3v) is 3.70. The number of fused-ring (bicyclic) bond motifs is 2. The zero-order valence-corrected chi connectivity index (χ0v) is 10.1. The molecular formula is C13H18OS. The van der Waals surface area contributed by atoms with E-state index in [4.69, 9.17) is 4.74 Å². The molecule has 0 aliphatic carbocycles. The Labute approximate surface area is 95.4 Å². The van der Waals surface area contributed by atoms with Crippen molar-refractivity contribution in [3.05, 3.63) is 18.2 Å². The van der Waals surface area contributed by atoms with Gasteiger partial charge < -0.3 is 4.74 Å². The zero-order chi connectivity index (χ0) is 10.5. The first-order valence-electron chi connectivity index (χ1n) is 5.85. The van der Waals surface area contributed by atoms with Crippen LogP contribution in [-0.2, 0) is 0 Å². The zero-order valence-electron chi connectivity index (χ0n) is 9.29. The molecule has 0 radical (unpaired) electrons. The van der Waals surface area contributed by atoms with E-state index in [1.165, 1.54) is 41.5 Å². The first-order valence-corrected chi connectivity index (χ1v) is 6.66. The van der Waals surface area contributed by atoms with Gasteiger partial charge in [-0.1, -0.05) is 32.6 Å². The maximum absolute atomic E-state index is 5.75. The molecular weight excluding hydrogens is 204 g/mol. The fourth-order valence-electron chi connectivity index (χ4n) is 1.76. The second-order valence-electron chi connectivity index (χ2n) is 3.97. The minimum absolute atomic E-state index is 0.876. The Balaban J connectivity index is 1.64. The Bertz CT molecular complexity index is 380. The number of hydrogen-bond acceptors (Lipinski definition) is 2. The molecule has 2 bridgehead atoms. The number of hydrogen-bond donors (Lipinski definition) is 0. The van der Waals surface area contributed by atoms with Crippen molar-refractivity contribution in [2.75, 3.05) is 6.61 Å². The second-order valence-corrected chi connectivity index (χ2v) is 5.09. The van der Waals surface area contributed by atoms with E-state index >= 15 is 0 Å². The van der Waals surface area contributed by atoms with Gasteiger partial charge in [0, 0.05) is 4.70 Å². The van der Waals surface area contributed by atoms with Crippen molar-refractivity contribution in [1.29, 1.82) is 0 Å². The average molecular weight is 222 g/mol. The van der Waals surface area contributed by atoms with Crippen molar-refractivity contribution in [3.63, 3.8) is 0 Å². The molecule has 0 amide bonds. The lowest BCUT2D eigenvalue weighted by Crippen LogP contribution is -1.96. The lowest BCUT2D eigenvalue weighted by atomic mass is 10.2. The van der Waals surface area contributed by atoms with Crippen LogP contribution < -0.4 is 4.74 Å². The van der Waals surface area contributed by atoms with E-state index in [0.29, 0.717) is 0 Å². The summed E-state index contributed by atoms with van der Waals surface area (Å²) in [7, 11) is 0. The fourth-order valence-corrected chi connectivity index (χ4v) is 2.67. The van der Waals surface area contributed by atoms with E-state index in [-0.39, 0.29) is 0 Å². The molecule has 2 heterocycles. The Kier molecular flexibility index (Phi) is 3.84. The first-order chi connectivity index (χ1) is 7.40. The predicted molar refractivity (Wildman–Crippen MR) is 67.3 cm³/mol. The van der Waals surface area contributed by atoms with Crippen LogP contribution in [0.4, 0.5) is 0 Å². The Morgan fingerprint density at radius 2 is 2.00 bits per heavy atom. The standard InChI is InChI=1S/C13H18OS/c1-2-3-4-5-6-9-14-12-10-11-7-8-13(12)15-11/h7-8,10H,2-6,9H2,1H3. The summed E-state index contributed by atoms with van der Waals surface area (Å²) in [5.74, 6) is 1.09. The maximum Gasteiger partial charge on any atom is 0.137 e. The molecule has 0 aliphatic rings. The van der Waals surface area contributed by atoms with Gasteiger partial charge in [-0.3, -0.25) is 0 Å². The van der Waals surface area contributed by atoms with Crippen LogP contribution in [0.1, 0.15) is 39.0 Å². The molecule has 1 nitrogen and oxygen atoms in total. The van der Waals surface area contributed by atoms with Gasteiger partial charge in [-0.2, -0.15) is 0 Å². The number of rotatable bonds is 7. The Morgan fingerprint density at radius 3 is 2.67 bits per heavy atom. The SMILES string of the molecule is CCCCCCCOc1cc2ccc1s2. The maximum atomic E-state index is 5.75. The van der Waals surface area contributed by atoms with Gasteiger partial charge in [-0.15, -0.1) is 11.3 Å². The van der Waals surface area contributed by atoms with Crippen LogP contribution in [0.25, 0.3) is 9.40 Å². The molecule has 2 aromatic heterocycles. The molecule has 2 heteroatoms. The van der Waals surface area contributed by atoms with Gasteiger partial charge in [0.25, 0.3) is 0 Å². The molecule has 82 valence electrons. The molecule has 2 aromatic rings. The Morgan fingerprint density at radius 1 is 1.13 bits per heavy atom. The van der Waals surface area contributed by atoms with Crippen LogP contribution in [0.3, 0.4) is 0 Å². The van der Waals surface area contributed by atoms with Gasteiger partial charge in [0.1, 0.15) is 5.75 Å². The van der Waals surface area contributed by atoms with Crippen LogP contribution >= 0.6 is 11.3 Å². The highest BCUT2D eigenvalue weighted by atomic mass is 32.1. The molecule has 0 aromatic carbocycles. The normalized spacial score (nSPS) is 11.3. The quantitative estimate of drug-likeness (QED) is 0.618. The van der Waals surface area contributed by atoms with Crippen LogP contribution in [0.5, 0.6) is 5.75 Å². The molecule has 0 aliphatic heterocycles. The van der Waals surface area contributed by atoms with E-state index in [2.05, 4.69) is 25.1 Å². The third-order valence-electron chi connectivity index (χ3n) is 2.65. The van der Waals surface area contributed by atoms with E-state index < -0.39 is 0 Å². The molecule has 0 unspecified atom stereocenters. The highest BCUT2D eigenvalue weighted by Gasteiger charge is 2.04. The molecule has 0 fully saturated rings. The van der Waals surface area contributed by atoms with E-state index in [1.807, 2.05) is 11.3 Å². The van der Waals surface area contributed by atoms with Crippen molar-refractivity contribution >= 4 is 20.7 Å². The highest BCUT2D eigenvalue weighted by molar-refractivity contribution is 7.24. The summed E-state index contributed by atoms with van der Waals surface area (Å²) in [6.07, 6.45) is 6.51. The van der Waals surface area contributed by atoms with Crippen LogP contribution in [0.15, 0.2) is 18.2 Å². The largest absolute Gasteiger partial charge is 0.492 e. The molecule has 0 N–H and O–H groups in total. The summed E-state index contributed by atoms with van der Waals surface area (Å²) in [5.41, 5.74) is 0. The number of unbranched alkanes of at least 4 members (excludes halogenated alkanes) is 4. The summed E-state index contributed by atoms with van der Waals surface area (Å²) >= 11 is 1.82. The van der Waals surface area contributed by atoms with Crippen LogP contribution in [-0.4, -0.2) is 6.61 Å². The molecule has 0 atom stereocenters. The van der Waals surface area contributed by atoms with Crippen molar-refractivity contribution in [3.8, 4) is 5.75 Å². The van der Waals surface area contributed by atoms with Gasteiger partial charge in [-0.05, 0) is 24.6 Å². The van der Waals surface area contributed by atoms with Crippen LogP contribution in [0.2, 0.25) is 0 Å². The van der Waals surface area contributed by atoms with Crippen molar-refractivity contribution in [2.45, 2.75) is 39.0 Å². The van der Waals surface area contributed by atoms with Crippen molar-refractivity contribution in [2.24, 2.45) is 0 Å². The smallest absolute Gasteiger partial charge is 0.137 e. The second kappa shape index (κ2) is 5.36. The van der Waals surface area contributed by atoms with Crippen molar-refractivity contribution < 1.29 is 4.74 Å². The molecule has 2 rings (SSSR count). The van der Waals surface area contributed by atoms with Gasteiger partial charge in [-0.25, -0.2) is 0 Å². The summed E-state index contributed by atoms with van der Waals surface area (Å²) in [4.78, 5) is 0. The van der Waals surface area contributed by atoms with E-state index in [1.54, 1.807) is 0 Å². The lowest BCUT2D eigenvalue weighted by Gasteiger charge is -2.04. The Hall–Kier alpha value is -0.760. The topological polar surface area (TPSA) is 9.23 Å². The van der Waals surface area contributed by atoms with E-state index in [9.17, 15) is 0 Å². The molecule has 0 saturated carbocycles. The molecule has 0 saturated heterocycles. The van der Waals surface area contributed by atoms with Gasteiger partial charge in [0.2, 0.25) is 0 Å². The number of benzene rings is 1. The van der Waals surface area contributed by atoms with Gasteiger partial charge >= 0.3 is 0 Å². The monoisotopic (exact) mass is 222 g/mol. The molecule has 15 heavy (non-hydrogen) atoms. The summed E-state index contributed by atoms with van der Waals surface area (Å²) in [6, 6.07) is 6.44. The average Bonchev–Trinajstić information content (AvgIpc) is 2.85. The summed E-state index contributed by atoms with van der Waals surface area (Å²) in [6.45, 7) is 3.12. The predicted octanol–water partition coefficient (Wildman–Crippen LogP) is 4.69. The minimum Gasteiger partial charge on any atom is -0.492 e. The number of ether oxygens (including phenoxy) is 1. The van der Waals surface area contributed by atoms with E-state index in [0.717, 1.165) is 12.4 Å². The summed E-state index contributed by atoms with van der Waals surface area (Å²) in [5, 5.41) is 0. The number of thiophene rings is 2. The van der Waals surface area contributed by atoms with Crippen LogP contribution in [0, 0.1) is 0 Å². The van der Waals surface area contributed by atoms with Crippen molar-refractivity contribution in [1.82, 2.24) is 0 Å². The minimum atomic E-state index is 0.876. The summed E-state index contributed by atoms with van der Waals surface area (Å²) < 4.78 is 8.36. The third kappa shape index (κ3) is 2.85. The fraction of sp³-hybridized carbons (Fsp3) is 0.538. The first kappa shape index (κ1) is 10.7. The van der Waals surface area contributed by atoms with Gasteiger partial charge in [0.15, 0.2) is 0 Å². The molecule has 0 spiro atoms. The van der Waals surface area contributed by atoms with Gasteiger partial charge in [0.05, 0.1) is 11.3 Å². The lowest BCUT2D eigenvalue weighted by molar-refractivity contribution is 0.309. The highest BCUT2D eigenvalue weighted by Crippen LogP contribution is 2.34.